The minimum absolute atomic E-state index is 0.0809. The van der Waals surface area contributed by atoms with Crippen LogP contribution in [0, 0.1) is 12.8 Å². The Morgan fingerprint density at radius 2 is 1.97 bits per heavy atom. The summed E-state index contributed by atoms with van der Waals surface area (Å²) < 4.78 is 8.14. The zero-order valence-electron chi connectivity index (χ0n) is 18.0. The lowest BCUT2D eigenvalue weighted by Gasteiger charge is -2.29. The van der Waals surface area contributed by atoms with E-state index >= 15 is 0 Å². The first-order valence-electron chi connectivity index (χ1n) is 10.9. The van der Waals surface area contributed by atoms with Gasteiger partial charge in [-0.25, -0.2) is 9.50 Å². The van der Waals surface area contributed by atoms with Gasteiger partial charge in [0.15, 0.2) is 0 Å². The van der Waals surface area contributed by atoms with Gasteiger partial charge in [0.2, 0.25) is 11.8 Å². The largest absolute Gasteiger partial charge is 0.473 e. The Morgan fingerprint density at radius 1 is 1.19 bits per heavy atom. The molecular weight excluding hydrogens is 392 g/mol. The van der Waals surface area contributed by atoms with Gasteiger partial charge in [-0.05, 0) is 26.0 Å². The molecule has 0 radical (unpaired) electrons. The van der Waals surface area contributed by atoms with Crippen LogP contribution in [0.15, 0.2) is 36.7 Å². The molecule has 2 aliphatic heterocycles. The monoisotopic (exact) mass is 420 g/mol. The van der Waals surface area contributed by atoms with Crippen LogP contribution < -0.4 is 20.3 Å². The number of benzene rings is 1. The minimum atomic E-state index is -0.130. The lowest BCUT2D eigenvalue weighted by molar-refractivity contribution is -0.119. The molecule has 2 aliphatic rings. The first-order chi connectivity index (χ1) is 15.1. The summed E-state index contributed by atoms with van der Waals surface area (Å²) in [4.78, 5) is 18.9. The van der Waals surface area contributed by atoms with Crippen molar-refractivity contribution in [1.82, 2.24) is 25.2 Å². The van der Waals surface area contributed by atoms with E-state index in [4.69, 9.17) is 9.72 Å². The summed E-state index contributed by atoms with van der Waals surface area (Å²) in [5.41, 5.74) is 4.93. The van der Waals surface area contributed by atoms with Crippen molar-refractivity contribution in [1.29, 1.82) is 0 Å². The molecule has 0 aliphatic carbocycles. The number of nitrogens with one attached hydrogen (secondary N) is 2. The lowest BCUT2D eigenvalue weighted by atomic mass is 10.0. The second-order valence-electron chi connectivity index (χ2n) is 8.43. The van der Waals surface area contributed by atoms with E-state index in [0.717, 1.165) is 48.5 Å². The van der Waals surface area contributed by atoms with Gasteiger partial charge < -0.3 is 20.3 Å². The van der Waals surface area contributed by atoms with Crippen LogP contribution in [0.5, 0.6) is 5.88 Å². The second kappa shape index (κ2) is 8.19. The zero-order chi connectivity index (χ0) is 21.4. The maximum absolute atomic E-state index is 11.6. The Balaban J connectivity index is 1.44. The van der Waals surface area contributed by atoms with Crippen LogP contribution in [0.1, 0.15) is 18.9 Å². The molecule has 2 N–H and O–H groups in total. The molecule has 162 valence electrons. The molecule has 1 amide bonds. The lowest BCUT2D eigenvalue weighted by Crippen LogP contribution is -2.43. The molecule has 0 spiro atoms. The summed E-state index contributed by atoms with van der Waals surface area (Å²) >= 11 is 0. The normalized spacial score (nSPS) is 20.1. The molecule has 5 rings (SSSR count). The first kappa shape index (κ1) is 19.8. The number of aryl methyl sites for hydroxylation is 1. The van der Waals surface area contributed by atoms with Crippen molar-refractivity contribution in [2.24, 2.45) is 5.92 Å². The van der Waals surface area contributed by atoms with Crippen molar-refractivity contribution in [3.63, 3.8) is 0 Å². The van der Waals surface area contributed by atoms with Crippen LogP contribution in [-0.4, -0.2) is 59.3 Å². The number of fused-ring (bicyclic) bond motifs is 1. The Kier molecular flexibility index (Phi) is 5.23. The average Bonchev–Trinajstić information content (AvgIpc) is 3.40. The van der Waals surface area contributed by atoms with Crippen LogP contribution in [0.25, 0.3) is 16.8 Å². The molecule has 0 bridgehead atoms. The summed E-state index contributed by atoms with van der Waals surface area (Å²) in [6, 6.07) is 8.52. The summed E-state index contributed by atoms with van der Waals surface area (Å²) in [5, 5.41) is 10.8. The molecule has 2 fully saturated rings. The van der Waals surface area contributed by atoms with Gasteiger partial charge in [0.25, 0.3) is 0 Å². The fourth-order valence-corrected chi connectivity index (χ4v) is 4.34. The smallest absolute Gasteiger partial charge is 0.241 e. The average molecular weight is 421 g/mol. The van der Waals surface area contributed by atoms with E-state index < -0.39 is 0 Å². The minimum Gasteiger partial charge on any atom is -0.473 e. The van der Waals surface area contributed by atoms with E-state index in [1.807, 2.05) is 30.8 Å². The van der Waals surface area contributed by atoms with Gasteiger partial charge in [-0.1, -0.05) is 12.1 Å². The highest BCUT2D eigenvalue weighted by Gasteiger charge is 2.29. The molecule has 8 nitrogen and oxygen atoms in total. The number of nitrogens with zero attached hydrogens (tertiary/aromatic N) is 4. The Bertz CT molecular complexity index is 1090. The number of anilines is 1. The Labute approximate surface area is 181 Å². The van der Waals surface area contributed by atoms with Gasteiger partial charge in [-0.15, -0.1) is 0 Å². The number of piperazine rings is 1. The molecule has 2 saturated heterocycles. The standard InChI is InChI=1S/C23H28N6O2/c1-15-12-26-29-14-20(17-3-5-19(6-4-17)28-9-7-24-8-10-28)27-23(22(15)29)31-16(2)18-11-21(30)25-13-18/h3-6,12,14,16,18,24H,7-11,13H2,1-2H3,(H,25,30). The molecule has 2 atom stereocenters. The summed E-state index contributed by atoms with van der Waals surface area (Å²) in [6.07, 6.45) is 4.13. The van der Waals surface area contributed by atoms with Crippen molar-refractivity contribution in [3.8, 4) is 17.1 Å². The molecule has 2 aromatic heterocycles. The van der Waals surface area contributed by atoms with Crippen LogP contribution in [0.4, 0.5) is 5.69 Å². The van der Waals surface area contributed by atoms with Gasteiger partial charge in [-0.3, -0.25) is 4.79 Å². The number of carbonyl (C=O) groups excluding carboxylic acids is 1. The number of ether oxygens (including phenoxy) is 1. The SMILES string of the molecule is Cc1cnn2cc(-c3ccc(N4CCNCC4)cc3)nc(OC(C)C3CNC(=O)C3)c12. The third-order valence-electron chi connectivity index (χ3n) is 6.26. The number of carbonyl (C=O) groups is 1. The number of rotatable bonds is 5. The van der Waals surface area contributed by atoms with E-state index in [-0.39, 0.29) is 17.9 Å². The van der Waals surface area contributed by atoms with E-state index in [9.17, 15) is 4.79 Å². The van der Waals surface area contributed by atoms with Crippen molar-refractivity contribution in [2.75, 3.05) is 37.6 Å². The highest BCUT2D eigenvalue weighted by atomic mass is 16.5. The van der Waals surface area contributed by atoms with Crippen molar-refractivity contribution < 1.29 is 9.53 Å². The highest BCUT2D eigenvalue weighted by molar-refractivity contribution is 5.78. The molecule has 1 aromatic carbocycles. The maximum atomic E-state index is 11.6. The maximum Gasteiger partial charge on any atom is 0.241 e. The summed E-state index contributed by atoms with van der Waals surface area (Å²) in [7, 11) is 0. The van der Waals surface area contributed by atoms with Crippen molar-refractivity contribution >= 4 is 17.1 Å². The van der Waals surface area contributed by atoms with E-state index in [1.165, 1.54) is 5.69 Å². The molecule has 0 saturated carbocycles. The number of aromatic nitrogens is 3. The topological polar surface area (TPSA) is 83.8 Å². The quantitative estimate of drug-likeness (QED) is 0.657. The van der Waals surface area contributed by atoms with Crippen molar-refractivity contribution in [2.45, 2.75) is 26.4 Å². The molecule has 31 heavy (non-hydrogen) atoms. The third kappa shape index (κ3) is 3.95. The number of hydrogen-bond donors (Lipinski definition) is 2. The summed E-state index contributed by atoms with van der Waals surface area (Å²) in [5.74, 6) is 0.780. The Morgan fingerprint density at radius 3 is 2.68 bits per heavy atom. The molecule has 3 aromatic rings. The predicted molar refractivity (Wildman–Crippen MR) is 119 cm³/mol. The van der Waals surface area contributed by atoms with Crippen LogP contribution >= 0.6 is 0 Å². The molecule has 8 heteroatoms. The van der Waals surface area contributed by atoms with E-state index in [0.29, 0.717) is 18.8 Å². The van der Waals surface area contributed by atoms with Gasteiger partial charge in [0, 0.05) is 61.9 Å². The molecular formula is C23H28N6O2. The fourth-order valence-electron chi connectivity index (χ4n) is 4.34. The van der Waals surface area contributed by atoms with Gasteiger partial charge >= 0.3 is 0 Å². The zero-order valence-corrected chi connectivity index (χ0v) is 18.0. The number of hydrogen-bond acceptors (Lipinski definition) is 6. The number of amides is 1. The molecule has 2 unspecified atom stereocenters. The van der Waals surface area contributed by atoms with Crippen molar-refractivity contribution in [3.05, 3.63) is 42.2 Å². The predicted octanol–water partition coefficient (Wildman–Crippen LogP) is 2.02. The molecule has 4 heterocycles. The van der Waals surface area contributed by atoms with Crippen LogP contribution in [-0.2, 0) is 4.79 Å². The summed E-state index contributed by atoms with van der Waals surface area (Å²) in [6.45, 7) is 8.71. The van der Waals surface area contributed by atoms with Gasteiger partial charge in [0.05, 0.1) is 18.1 Å². The van der Waals surface area contributed by atoms with Crippen LogP contribution in [0.2, 0.25) is 0 Å². The van der Waals surface area contributed by atoms with E-state index in [1.54, 1.807) is 0 Å². The fraction of sp³-hybridized carbons (Fsp3) is 0.435. The third-order valence-corrected chi connectivity index (χ3v) is 6.26. The Hall–Kier alpha value is -3.13. The first-order valence-corrected chi connectivity index (χ1v) is 10.9. The second-order valence-corrected chi connectivity index (χ2v) is 8.43. The van der Waals surface area contributed by atoms with Crippen LogP contribution in [0.3, 0.4) is 0 Å². The highest BCUT2D eigenvalue weighted by Crippen LogP contribution is 2.29. The van der Waals surface area contributed by atoms with Gasteiger partial charge in [0.1, 0.15) is 11.6 Å². The van der Waals surface area contributed by atoms with Gasteiger partial charge in [-0.2, -0.15) is 5.10 Å². The van der Waals surface area contributed by atoms with E-state index in [2.05, 4.69) is 44.9 Å².